The molecule has 3 rings (SSSR count). The lowest BCUT2D eigenvalue weighted by Crippen LogP contribution is -2.39. The number of halogens is 2. The molecule has 176 valence electrons. The van der Waals surface area contributed by atoms with E-state index in [4.69, 9.17) is 43.0 Å². The summed E-state index contributed by atoms with van der Waals surface area (Å²) in [6, 6.07) is 17.3. The first-order valence-corrected chi connectivity index (χ1v) is 11.3. The summed E-state index contributed by atoms with van der Waals surface area (Å²) in [7, 11) is 0. The zero-order valence-corrected chi connectivity index (χ0v) is 20.0. The molecule has 0 heterocycles. The van der Waals surface area contributed by atoms with Gasteiger partial charge < -0.3 is 20.8 Å². The van der Waals surface area contributed by atoms with E-state index in [1.807, 2.05) is 36.4 Å². The molecule has 0 spiro atoms. The van der Waals surface area contributed by atoms with Crippen LogP contribution < -0.4 is 10.6 Å². The van der Waals surface area contributed by atoms with Crippen molar-refractivity contribution in [2.24, 2.45) is 0 Å². The van der Waals surface area contributed by atoms with Gasteiger partial charge in [-0.3, -0.25) is 9.59 Å². The van der Waals surface area contributed by atoms with Gasteiger partial charge in [0.15, 0.2) is 0 Å². The second kappa shape index (κ2) is 15.6. The first-order valence-electron chi connectivity index (χ1n) is 10.5. The van der Waals surface area contributed by atoms with E-state index in [9.17, 15) is 0 Å². The van der Waals surface area contributed by atoms with Gasteiger partial charge in [0.25, 0.3) is 11.9 Å². The number of nitrogens with one attached hydrogen (secondary N) is 2. The Morgan fingerprint density at radius 1 is 0.750 bits per heavy atom. The van der Waals surface area contributed by atoms with Crippen LogP contribution in [0.25, 0.3) is 0 Å². The Morgan fingerprint density at radius 3 is 1.31 bits per heavy atom. The van der Waals surface area contributed by atoms with Crippen molar-refractivity contribution in [3.8, 4) is 0 Å². The molecule has 1 fully saturated rings. The van der Waals surface area contributed by atoms with Crippen LogP contribution in [0.15, 0.2) is 48.5 Å². The molecule has 32 heavy (non-hydrogen) atoms. The third kappa shape index (κ3) is 12.7. The third-order valence-corrected chi connectivity index (χ3v) is 5.54. The van der Waals surface area contributed by atoms with Crippen LogP contribution in [0.4, 0.5) is 0 Å². The van der Waals surface area contributed by atoms with Crippen molar-refractivity contribution in [2.75, 3.05) is 0 Å². The van der Waals surface area contributed by atoms with Crippen LogP contribution in [0.2, 0.25) is 10.0 Å². The molecule has 0 saturated heterocycles. The van der Waals surface area contributed by atoms with Gasteiger partial charge in [0.05, 0.1) is 0 Å². The summed E-state index contributed by atoms with van der Waals surface area (Å²) in [5.41, 5.74) is 2.36. The Morgan fingerprint density at radius 2 is 1.03 bits per heavy atom. The molecule has 6 nitrogen and oxygen atoms in total. The van der Waals surface area contributed by atoms with Gasteiger partial charge in [-0.1, -0.05) is 59.6 Å². The minimum atomic E-state index is -0.833. The number of hydrogen-bond acceptors (Lipinski definition) is 4. The standard InChI is InChI=1S/C20H24Cl2N2.2C2H4O2/c21-19-7-3-1-5-15(19)13-23-17-9-11-18(12-10-17)24-14-16-6-2-4-8-20(16)22;2*1-2(3)4/h1-8,17-18,23-24H,9-14H2;2*1H3,(H,3,4). The fourth-order valence-corrected chi connectivity index (χ4v) is 3.70. The molecule has 0 bridgehead atoms. The van der Waals surface area contributed by atoms with Crippen molar-refractivity contribution in [3.63, 3.8) is 0 Å². The maximum absolute atomic E-state index is 9.00. The maximum Gasteiger partial charge on any atom is 0.300 e. The number of carboxylic acids is 2. The van der Waals surface area contributed by atoms with Gasteiger partial charge in [0.1, 0.15) is 0 Å². The highest BCUT2D eigenvalue weighted by molar-refractivity contribution is 6.31. The van der Waals surface area contributed by atoms with Gasteiger partial charge in [0.2, 0.25) is 0 Å². The normalized spacial score (nSPS) is 17.2. The van der Waals surface area contributed by atoms with Gasteiger partial charge in [-0.05, 0) is 48.9 Å². The highest BCUT2D eigenvalue weighted by atomic mass is 35.5. The molecule has 0 aromatic heterocycles. The summed E-state index contributed by atoms with van der Waals surface area (Å²) in [4.78, 5) is 18.0. The minimum absolute atomic E-state index is 0.583. The number of carboxylic acid groups (broad SMARTS) is 2. The summed E-state index contributed by atoms with van der Waals surface area (Å²) in [5.74, 6) is -1.67. The van der Waals surface area contributed by atoms with Crippen LogP contribution >= 0.6 is 23.2 Å². The van der Waals surface area contributed by atoms with E-state index in [0.29, 0.717) is 12.1 Å². The Kier molecular flexibility index (Phi) is 13.6. The van der Waals surface area contributed by atoms with Crippen LogP contribution in [-0.2, 0) is 22.7 Å². The number of benzene rings is 2. The van der Waals surface area contributed by atoms with Crippen molar-refractivity contribution >= 4 is 35.1 Å². The van der Waals surface area contributed by atoms with E-state index < -0.39 is 11.9 Å². The summed E-state index contributed by atoms with van der Waals surface area (Å²) in [6.07, 6.45) is 4.80. The highest BCUT2D eigenvalue weighted by Crippen LogP contribution is 2.22. The first kappa shape index (κ1) is 27.9. The molecule has 2 aromatic rings. The molecular weight excluding hydrogens is 451 g/mol. The second-order valence-electron chi connectivity index (χ2n) is 7.53. The molecular formula is C24H32Cl2N2O4. The van der Waals surface area contributed by atoms with Crippen molar-refractivity contribution in [3.05, 3.63) is 69.7 Å². The van der Waals surface area contributed by atoms with Crippen LogP contribution in [0.1, 0.15) is 50.7 Å². The van der Waals surface area contributed by atoms with E-state index >= 15 is 0 Å². The van der Waals surface area contributed by atoms with E-state index in [1.54, 1.807) is 0 Å². The number of aliphatic carboxylic acids is 2. The molecule has 8 heteroatoms. The Hall–Kier alpha value is -2.12. The largest absolute Gasteiger partial charge is 0.481 e. The minimum Gasteiger partial charge on any atom is -0.481 e. The lowest BCUT2D eigenvalue weighted by atomic mass is 9.91. The van der Waals surface area contributed by atoms with Crippen LogP contribution in [0.3, 0.4) is 0 Å². The molecule has 1 saturated carbocycles. The number of carbonyl (C=O) groups is 2. The van der Waals surface area contributed by atoms with E-state index in [-0.39, 0.29) is 0 Å². The quantitative estimate of drug-likeness (QED) is 0.441. The predicted octanol–water partition coefficient (Wildman–Crippen LogP) is 5.37. The maximum atomic E-state index is 9.00. The van der Waals surface area contributed by atoms with Gasteiger partial charge >= 0.3 is 0 Å². The van der Waals surface area contributed by atoms with Crippen molar-refractivity contribution in [1.82, 2.24) is 10.6 Å². The molecule has 2 aromatic carbocycles. The van der Waals surface area contributed by atoms with E-state index in [1.165, 1.54) is 36.8 Å². The molecule has 1 aliphatic carbocycles. The molecule has 1 aliphatic rings. The molecule has 0 radical (unpaired) electrons. The fraction of sp³-hybridized carbons (Fsp3) is 0.417. The lowest BCUT2D eigenvalue weighted by molar-refractivity contribution is -0.135. The smallest absolute Gasteiger partial charge is 0.300 e. The lowest BCUT2D eigenvalue weighted by Gasteiger charge is -2.30. The average molecular weight is 483 g/mol. The molecule has 0 amide bonds. The van der Waals surface area contributed by atoms with Crippen LogP contribution in [-0.4, -0.2) is 34.2 Å². The molecule has 0 aliphatic heterocycles. The Bertz CT molecular complexity index is 763. The van der Waals surface area contributed by atoms with Gasteiger partial charge in [-0.25, -0.2) is 0 Å². The molecule has 0 atom stereocenters. The number of rotatable bonds is 6. The highest BCUT2D eigenvalue weighted by Gasteiger charge is 2.20. The van der Waals surface area contributed by atoms with Gasteiger partial charge in [0, 0.05) is 49.1 Å². The Balaban J connectivity index is 0.000000554. The topological polar surface area (TPSA) is 98.7 Å². The Labute approximate surface area is 199 Å². The van der Waals surface area contributed by atoms with Crippen LogP contribution in [0, 0.1) is 0 Å². The zero-order valence-electron chi connectivity index (χ0n) is 18.5. The summed E-state index contributed by atoms with van der Waals surface area (Å²) >= 11 is 12.4. The zero-order chi connectivity index (χ0) is 23.9. The monoisotopic (exact) mass is 482 g/mol. The van der Waals surface area contributed by atoms with E-state index in [2.05, 4.69) is 22.8 Å². The average Bonchev–Trinajstić information content (AvgIpc) is 2.73. The predicted molar refractivity (Wildman–Crippen MR) is 129 cm³/mol. The summed E-state index contributed by atoms with van der Waals surface area (Å²) in [6.45, 7) is 3.87. The molecule has 4 N–H and O–H groups in total. The van der Waals surface area contributed by atoms with Crippen LogP contribution in [0.5, 0.6) is 0 Å². The first-order chi connectivity index (χ1) is 15.2. The van der Waals surface area contributed by atoms with E-state index in [0.717, 1.165) is 37.0 Å². The van der Waals surface area contributed by atoms with Crippen molar-refractivity contribution in [2.45, 2.75) is 64.7 Å². The summed E-state index contributed by atoms with van der Waals surface area (Å²) in [5, 5.41) is 23.8. The third-order valence-electron chi connectivity index (χ3n) is 4.81. The summed E-state index contributed by atoms with van der Waals surface area (Å²) < 4.78 is 0. The SMILES string of the molecule is CC(=O)O.CC(=O)O.Clc1ccccc1CNC1CCC(NCc2ccccc2Cl)CC1. The second-order valence-corrected chi connectivity index (χ2v) is 8.35. The van der Waals surface area contributed by atoms with Gasteiger partial charge in [-0.15, -0.1) is 0 Å². The van der Waals surface area contributed by atoms with Crippen molar-refractivity contribution in [1.29, 1.82) is 0 Å². The van der Waals surface area contributed by atoms with Gasteiger partial charge in [-0.2, -0.15) is 0 Å². The molecule has 0 unspecified atom stereocenters. The van der Waals surface area contributed by atoms with Crippen molar-refractivity contribution < 1.29 is 19.8 Å². The number of hydrogen-bond donors (Lipinski definition) is 4. The fourth-order valence-electron chi connectivity index (χ4n) is 3.29.